The third-order valence-corrected chi connectivity index (χ3v) is 3.91. The standard InChI is InChI=1S/C17H18N6O3/c1-3-21-9-13(7-18-21)10-22-11-15(8-19-22)20-17(24)14-5-4-12(2)16(6-14)23(25)26/h4-9,11H,3,10H2,1-2H3,(H,20,24). The van der Waals surface area contributed by atoms with E-state index in [9.17, 15) is 14.9 Å². The molecule has 9 heteroatoms. The van der Waals surface area contributed by atoms with Crippen LogP contribution in [0.2, 0.25) is 0 Å². The van der Waals surface area contributed by atoms with Crippen molar-refractivity contribution in [2.75, 3.05) is 5.32 Å². The topological polar surface area (TPSA) is 108 Å². The summed E-state index contributed by atoms with van der Waals surface area (Å²) in [6.45, 7) is 4.97. The second kappa shape index (κ2) is 7.18. The summed E-state index contributed by atoms with van der Waals surface area (Å²) in [5.74, 6) is -0.425. The van der Waals surface area contributed by atoms with Gasteiger partial charge in [-0.2, -0.15) is 10.2 Å². The number of hydrogen-bond acceptors (Lipinski definition) is 5. The zero-order chi connectivity index (χ0) is 18.7. The van der Waals surface area contributed by atoms with Gasteiger partial charge in [-0.3, -0.25) is 24.3 Å². The molecule has 26 heavy (non-hydrogen) atoms. The molecule has 9 nitrogen and oxygen atoms in total. The smallest absolute Gasteiger partial charge is 0.273 e. The first kappa shape index (κ1) is 17.3. The van der Waals surface area contributed by atoms with Gasteiger partial charge in [0, 0.05) is 41.7 Å². The van der Waals surface area contributed by atoms with Crippen molar-refractivity contribution >= 4 is 17.3 Å². The van der Waals surface area contributed by atoms with Gasteiger partial charge in [0.1, 0.15) is 0 Å². The average Bonchev–Trinajstić information content (AvgIpc) is 3.24. The number of aromatic nitrogens is 4. The molecule has 2 aromatic heterocycles. The molecule has 0 atom stereocenters. The maximum absolute atomic E-state index is 12.3. The maximum atomic E-state index is 12.3. The van der Waals surface area contributed by atoms with Crippen LogP contribution in [0.1, 0.15) is 28.4 Å². The van der Waals surface area contributed by atoms with E-state index in [1.54, 1.807) is 36.1 Å². The Kier molecular flexibility index (Phi) is 4.78. The minimum absolute atomic E-state index is 0.0821. The summed E-state index contributed by atoms with van der Waals surface area (Å²) in [5.41, 5.74) is 2.16. The largest absolute Gasteiger partial charge is 0.319 e. The van der Waals surface area contributed by atoms with Crippen molar-refractivity contribution in [1.82, 2.24) is 19.6 Å². The lowest BCUT2D eigenvalue weighted by molar-refractivity contribution is -0.385. The molecule has 0 spiro atoms. The number of nitro groups is 1. The Labute approximate surface area is 149 Å². The predicted octanol–water partition coefficient (Wildman–Crippen LogP) is 2.62. The number of benzene rings is 1. The van der Waals surface area contributed by atoms with E-state index in [0.717, 1.165) is 12.1 Å². The van der Waals surface area contributed by atoms with Gasteiger partial charge in [0.05, 0.1) is 29.5 Å². The third kappa shape index (κ3) is 3.77. The van der Waals surface area contributed by atoms with Gasteiger partial charge in [0.25, 0.3) is 11.6 Å². The van der Waals surface area contributed by atoms with Crippen LogP contribution >= 0.6 is 0 Å². The Morgan fingerprint density at radius 3 is 2.69 bits per heavy atom. The lowest BCUT2D eigenvalue weighted by Crippen LogP contribution is -2.12. The molecule has 0 unspecified atom stereocenters. The van der Waals surface area contributed by atoms with E-state index < -0.39 is 10.8 Å². The average molecular weight is 354 g/mol. The number of nitrogens with one attached hydrogen (secondary N) is 1. The molecule has 2 heterocycles. The van der Waals surface area contributed by atoms with Gasteiger partial charge < -0.3 is 5.32 Å². The Balaban J connectivity index is 1.69. The zero-order valence-electron chi connectivity index (χ0n) is 14.4. The van der Waals surface area contributed by atoms with Gasteiger partial charge in [-0.1, -0.05) is 6.07 Å². The molecular weight excluding hydrogens is 336 g/mol. The van der Waals surface area contributed by atoms with E-state index in [-0.39, 0.29) is 11.3 Å². The SMILES string of the molecule is CCn1cc(Cn2cc(NC(=O)c3ccc(C)c([N+](=O)[O-])c3)cn2)cn1. The molecule has 0 saturated heterocycles. The summed E-state index contributed by atoms with van der Waals surface area (Å²) in [7, 11) is 0. The van der Waals surface area contributed by atoms with E-state index >= 15 is 0 Å². The lowest BCUT2D eigenvalue weighted by atomic mass is 10.1. The minimum atomic E-state index is -0.499. The number of carbonyl (C=O) groups is 1. The van der Waals surface area contributed by atoms with Crippen molar-refractivity contribution < 1.29 is 9.72 Å². The molecule has 0 aliphatic heterocycles. The molecule has 3 rings (SSSR count). The van der Waals surface area contributed by atoms with E-state index in [1.165, 1.54) is 12.3 Å². The maximum Gasteiger partial charge on any atom is 0.273 e. The number of hydrogen-bond donors (Lipinski definition) is 1. The van der Waals surface area contributed by atoms with Crippen molar-refractivity contribution in [3.05, 3.63) is 69.8 Å². The quantitative estimate of drug-likeness (QED) is 0.541. The van der Waals surface area contributed by atoms with Crippen LogP contribution in [0, 0.1) is 17.0 Å². The minimum Gasteiger partial charge on any atom is -0.319 e. The molecule has 134 valence electrons. The van der Waals surface area contributed by atoms with Crippen LogP contribution in [-0.2, 0) is 13.1 Å². The molecule has 1 N–H and O–H groups in total. The fourth-order valence-corrected chi connectivity index (χ4v) is 2.51. The van der Waals surface area contributed by atoms with Crippen molar-refractivity contribution in [2.24, 2.45) is 0 Å². The van der Waals surface area contributed by atoms with Crippen LogP contribution in [0.5, 0.6) is 0 Å². The number of amides is 1. The van der Waals surface area contributed by atoms with Gasteiger partial charge in [0.15, 0.2) is 0 Å². The number of aryl methyl sites for hydroxylation is 2. The molecule has 0 aliphatic carbocycles. The number of rotatable bonds is 6. The van der Waals surface area contributed by atoms with Crippen molar-refractivity contribution in [3.63, 3.8) is 0 Å². The summed E-state index contributed by atoms with van der Waals surface area (Å²) in [6, 6.07) is 4.39. The zero-order valence-corrected chi connectivity index (χ0v) is 14.4. The third-order valence-electron chi connectivity index (χ3n) is 3.91. The van der Waals surface area contributed by atoms with Gasteiger partial charge in [0.2, 0.25) is 0 Å². The van der Waals surface area contributed by atoms with E-state index in [2.05, 4.69) is 15.5 Å². The highest BCUT2D eigenvalue weighted by molar-refractivity contribution is 6.04. The molecule has 1 aromatic carbocycles. The number of nitro benzene ring substituents is 1. The van der Waals surface area contributed by atoms with Gasteiger partial charge in [-0.25, -0.2) is 0 Å². The summed E-state index contributed by atoms with van der Waals surface area (Å²) < 4.78 is 3.51. The van der Waals surface area contributed by atoms with E-state index in [0.29, 0.717) is 17.8 Å². The Bertz CT molecular complexity index is 959. The number of nitrogens with zero attached hydrogens (tertiary/aromatic N) is 5. The summed E-state index contributed by atoms with van der Waals surface area (Å²) in [5, 5.41) is 22.1. The fraction of sp³-hybridized carbons (Fsp3) is 0.235. The predicted molar refractivity (Wildman–Crippen MR) is 95.0 cm³/mol. The fourth-order valence-electron chi connectivity index (χ4n) is 2.51. The second-order valence-corrected chi connectivity index (χ2v) is 5.84. The number of carbonyl (C=O) groups excluding carboxylic acids is 1. The van der Waals surface area contributed by atoms with Crippen LogP contribution in [0.25, 0.3) is 0 Å². The van der Waals surface area contributed by atoms with Crippen molar-refractivity contribution in [3.8, 4) is 0 Å². The molecule has 0 bridgehead atoms. The monoisotopic (exact) mass is 354 g/mol. The van der Waals surface area contributed by atoms with Crippen LogP contribution in [0.3, 0.4) is 0 Å². The summed E-state index contributed by atoms with van der Waals surface area (Å²) >= 11 is 0. The molecule has 0 saturated carbocycles. The Hall–Kier alpha value is -3.49. The number of anilines is 1. The summed E-state index contributed by atoms with van der Waals surface area (Å²) in [4.78, 5) is 22.8. The van der Waals surface area contributed by atoms with E-state index in [1.807, 2.05) is 17.8 Å². The lowest BCUT2D eigenvalue weighted by Gasteiger charge is -2.04. The highest BCUT2D eigenvalue weighted by Crippen LogP contribution is 2.20. The second-order valence-electron chi connectivity index (χ2n) is 5.84. The Morgan fingerprint density at radius 1 is 1.23 bits per heavy atom. The molecule has 0 radical (unpaired) electrons. The first-order valence-electron chi connectivity index (χ1n) is 8.06. The van der Waals surface area contributed by atoms with Crippen LogP contribution in [0.15, 0.2) is 43.0 Å². The van der Waals surface area contributed by atoms with Gasteiger partial charge >= 0.3 is 0 Å². The highest BCUT2D eigenvalue weighted by atomic mass is 16.6. The normalized spacial score (nSPS) is 10.7. The highest BCUT2D eigenvalue weighted by Gasteiger charge is 2.15. The van der Waals surface area contributed by atoms with Crippen LogP contribution in [0.4, 0.5) is 11.4 Å². The first-order chi connectivity index (χ1) is 12.5. The van der Waals surface area contributed by atoms with E-state index in [4.69, 9.17) is 0 Å². The summed E-state index contributed by atoms with van der Waals surface area (Å²) in [6.07, 6.45) is 6.94. The Morgan fingerprint density at radius 2 is 2.00 bits per heavy atom. The molecule has 3 aromatic rings. The molecule has 1 amide bonds. The van der Waals surface area contributed by atoms with Crippen molar-refractivity contribution in [1.29, 1.82) is 0 Å². The van der Waals surface area contributed by atoms with Crippen molar-refractivity contribution in [2.45, 2.75) is 26.9 Å². The van der Waals surface area contributed by atoms with Gasteiger partial charge in [-0.15, -0.1) is 0 Å². The van der Waals surface area contributed by atoms with Crippen LogP contribution in [-0.4, -0.2) is 30.4 Å². The molecular formula is C17H18N6O3. The molecule has 0 aliphatic rings. The molecule has 0 fully saturated rings. The van der Waals surface area contributed by atoms with Gasteiger partial charge in [-0.05, 0) is 19.9 Å². The van der Waals surface area contributed by atoms with Crippen LogP contribution < -0.4 is 5.32 Å². The first-order valence-corrected chi connectivity index (χ1v) is 8.06.